The second-order valence-corrected chi connectivity index (χ2v) is 4.33. The first-order chi connectivity index (χ1) is 6.13. The molecule has 0 rings (SSSR count). The molecule has 0 fully saturated rings. The molecule has 1 nitrogen and oxygen atoms in total. The molecule has 0 heterocycles. The van der Waals surface area contributed by atoms with E-state index in [0.29, 0.717) is 6.04 Å². The van der Waals surface area contributed by atoms with Gasteiger partial charge in [0.25, 0.3) is 0 Å². The zero-order chi connectivity index (χ0) is 10.3. The van der Waals surface area contributed by atoms with Gasteiger partial charge in [-0.1, -0.05) is 34.1 Å². The Kier molecular flexibility index (Phi) is 7.35. The second kappa shape index (κ2) is 7.37. The lowest BCUT2D eigenvalue weighted by Crippen LogP contribution is -2.36. The van der Waals surface area contributed by atoms with Crippen molar-refractivity contribution in [3.05, 3.63) is 0 Å². The van der Waals surface area contributed by atoms with E-state index < -0.39 is 0 Å². The zero-order valence-electron chi connectivity index (χ0n) is 10.1. The molecule has 0 aromatic heterocycles. The Bertz CT molecular complexity index is 99.7. The van der Waals surface area contributed by atoms with E-state index in [-0.39, 0.29) is 0 Å². The summed E-state index contributed by atoms with van der Waals surface area (Å²) < 4.78 is 0. The lowest BCUT2D eigenvalue weighted by molar-refractivity contribution is 0.352. The summed E-state index contributed by atoms with van der Waals surface area (Å²) in [5.41, 5.74) is 0. The molecule has 0 aromatic carbocycles. The van der Waals surface area contributed by atoms with Gasteiger partial charge in [-0.05, 0) is 32.1 Å². The van der Waals surface area contributed by atoms with Crippen molar-refractivity contribution < 1.29 is 0 Å². The Morgan fingerprint density at radius 2 is 1.54 bits per heavy atom. The molecule has 80 valence electrons. The molecule has 0 spiro atoms. The smallest absolute Gasteiger partial charge is 0.00694 e. The molecule has 1 N–H and O–H groups in total. The minimum atomic E-state index is 0.675. The van der Waals surface area contributed by atoms with Gasteiger partial charge in [-0.25, -0.2) is 0 Å². The second-order valence-electron chi connectivity index (χ2n) is 4.33. The number of nitrogens with one attached hydrogen (secondary N) is 1. The average Bonchev–Trinajstić information content (AvgIpc) is 2.16. The van der Waals surface area contributed by atoms with Crippen LogP contribution in [0.4, 0.5) is 0 Å². The molecule has 0 bridgehead atoms. The molecule has 0 aliphatic heterocycles. The predicted molar refractivity (Wildman–Crippen MR) is 61.0 cm³/mol. The molecule has 13 heavy (non-hydrogen) atoms. The monoisotopic (exact) mass is 185 g/mol. The molecule has 3 atom stereocenters. The Balaban J connectivity index is 3.74. The van der Waals surface area contributed by atoms with Gasteiger partial charge in [0.1, 0.15) is 0 Å². The Morgan fingerprint density at radius 3 is 1.92 bits per heavy atom. The lowest BCUT2D eigenvalue weighted by Gasteiger charge is -2.23. The summed E-state index contributed by atoms with van der Waals surface area (Å²) in [5.74, 6) is 0.863. The van der Waals surface area contributed by atoms with Crippen LogP contribution in [0.2, 0.25) is 0 Å². The molecule has 0 aliphatic rings. The van der Waals surface area contributed by atoms with Crippen molar-refractivity contribution in [2.24, 2.45) is 5.92 Å². The Hall–Kier alpha value is -0.0400. The summed E-state index contributed by atoms with van der Waals surface area (Å²) in [7, 11) is 0. The first-order valence-electron chi connectivity index (χ1n) is 5.89. The molecule has 0 aliphatic carbocycles. The molecular weight excluding hydrogens is 158 g/mol. The van der Waals surface area contributed by atoms with Crippen LogP contribution in [0, 0.1) is 5.92 Å². The van der Waals surface area contributed by atoms with E-state index >= 15 is 0 Å². The maximum atomic E-state index is 3.68. The van der Waals surface area contributed by atoms with E-state index in [1.807, 2.05) is 0 Å². The Morgan fingerprint density at radius 1 is 0.923 bits per heavy atom. The van der Waals surface area contributed by atoms with Gasteiger partial charge in [0.2, 0.25) is 0 Å². The molecule has 0 radical (unpaired) electrons. The van der Waals surface area contributed by atoms with Crippen molar-refractivity contribution in [1.29, 1.82) is 0 Å². The lowest BCUT2D eigenvalue weighted by atomic mass is 9.97. The van der Waals surface area contributed by atoms with Crippen molar-refractivity contribution >= 4 is 0 Å². The topological polar surface area (TPSA) is 12.0 Å². The SMILES string of the molecule is CCC(C)CC(CC)NC(C)CC. The van der Waals surface area contributed by atoms with Crippen LogP contribution in [0.5, 0.6) is 0 Å². The summed E-state index contributed by atoms with van der Waals surface area (Å²) in [5, 5.41) is 3.68. The maximum Gasteiger partial charge on any atom is 0.00694 e. The van der Waals surface area contributed by atoms with E-state index in [2.05, 4.69) is 39.9 Å². The third kappa shape index (κ3) is 6.09. The van der Waals surface area contributed by atoms with Crippen LogP contribution in [0.1, 0.15) is 60.3 Å². The van der Waals surface area contributed by atoms with Crippen LogP contribution in [-0.4, -0.2) is 12.1 Å². The highest BCUT2D eigenvalue weighted by Gasteiger charge is 2.11. The number of rotatable bonds is 7. The summed E-state index contributed by atoms with van der Waals surface area (Å²) in [6.07, 6.45) is 5.13. The first kappa shape index (κ1) is 13.0. The van der Waals surface area contributed by atoms with Crippen LogP contribution < -0.4 is 5.32 Å². The third-order valence-corrected chi connectivity index (χ3v) is 3.01. The van der Waals surface area contributed by atoms with Crippen molar-refractivity contribution in [1.82, 2.24) is 5.32 Å². The fourth-order valence-corrected chi connectivity index (χ4v) is 1.53. The molecule has 0 saturated carbocycles. The average molecular weight is 185 g/mol. The van der Waals surface area contributed by atoms with E-state index in [1.54, 1.807) is 0 Å². The van der Waals surface area contributed by atoms with Gasteiger partial charge in [0.05, 0.1) is 0 Å². The summed E-state index contributed by atoms with van der Waals surface area (Å²) in [4.78, 5) is 0. The van der Waals surface area contributed by atoms with Crippen molar-refractivity contribution in [2.75, 3.05) is 0 Å². The zero-order valence-corrected chi connectivity index (χ0v) is 10.1. The van der Waals surface area contributed by atoms with Crippen molar-refractivity contribution in [2.45, 2.75) is 72.4 Å². The van der Waals surface area contributed by atoms with Gasteiger partial charge < -0.3 is 5.32 Å². The van der Waals surface area contributed by atoms with E-state index in [9.17, 15) is 0 Å². The first-order valence-corrected chi connectivity index (χ1v) is 5.89. The van der Waals surface area contributed by atoms with E-state index in [0.717, 1.165) is 12.0 Å². The maximum absolute atomic E-state index is 3.68. The van der Waals surface area contributed by atoms with Gasteiger partial charge in [-0.15, -0.1) is 0 Å². The summed E-state index contributed by atoms with van der Waals surface area (Å²) in [6, 6.07) is 1.40. The van der Waals surface area contributed by atoms with Crippen LogP contribution in [-0.2, 0) is 0 Å². The predicted octanol–water partition coefficient (Wildman–Crippen LogP) is 3.59. The van der Waals surface area contributed by atoms with Crippen LogP contribution in [0.3, 0.4) is 0 Å². The van der Waals surface area contributed by atoms with Crippen LogP contribution in [0.15, 0.2) is 0 Å². The fourth-order valence-electron chi connectivity index (χ4n) is 1.53. The minimum absolute atomic E-state index is 0.675. The third-order valence-electron chi connectivity index (χ3n) is 3.01. The van der Waals surface area contributed by atoms with Gasteiger partial charge in [-0.2, -0.15) is 0 Å². The van der Waals surface area contributed by atoms with Gasteiger partial charge in [0, 0.05) is 12.1 Å². The normalized spacial score (nSPS) is 18.2. The van der Waals surface area contributed by atoms with E-state index in [1.165, 1.54) is 25.7 Å². The molecule has 3 unspecified atom stereocenters. The standard InChI is InChI=1S/C12H27N/c1-6-10(4)9-12(8-3)13-11(5)7-2/h10-13H,6-9H2,1-5H3. The number of hydrogen-bond acceptors (Lipinski definition) is 1. The highest BCUT2D eigenvalue weighted by atomic mass is 14.9. The van der Waals surface area contributed by atoms with Crippen LogP contribution >= 0.6 is 0 Å². The molecule has 1 heteroatoms. The quantitative estimate of drug-likeness (QED) is 0.639. The molecule has 0 amide bonds. The molecular formula is C12H27N. The van der Waals surface area contributed by atoms with Gasteiger partial charge >= 0.3 is 0 Å². The fraction of sp³-hybridized carbons (Fsp3) is 1.00. The molecule has 0 saturated heterocycles. The van der Waals surface area contributed by atoms with Crippen LogP contribution in [0.25, 0.3) is 0 Å². The largest absolute Gasteiger partial charge is 0.312 e. The minimum Gasteiger partial charge on any atom is -0.312 e. The summed E-state index contributed by atoms with van der Waals surface area (Å²) >= 11 is 0. The van der Waals surface area contributed by atoms with Gasteiger partial charge in [-0.3, -0.25) is 0 Å². The number of hydrogen-bond donors (Lipinski definition) is 1. The summed E-state index contributed by atoms with van der Waals surface area (Å²) in [6.45, 7) is 11.4. The van der Waals surface area contributed by atoms with Crippen molar-refractivity contribution in [3.8, 4) is 0 Å². The molecule has 0 aromatic rings. The highest BCUT2D eigenvalue weighted by Crippen LogP contribution is 2.12. The van der Waals surface area contributed by atoms with E-state index in [4.69, 9.17) is 0 Å². The Labute approximate surface area is 84.3 Å². The highest BCUT2D eigenvalue weighted by molar-refractivity contribution is 4.71. The van der Waals surface area contributed by atoms with Gasteiger partial charge in [0.15, 0.2) is 0 Å². The van der Waals surface area contributed by atoms with Crippen molar-refractivity contribution in [3.63, 3.8) is 0 Å².